The SMILES string of the molecule is Cc1nc(Nc2ncc(C#N)s2)cc(OCC2CCN(OC(=O)CC(C)(C)C)CC2)n1. The fourth-order valence-corrected chi connectivity index (χ4v) is 3.77. The summed E-state index contributed by atoms with van der Waals surface area (Å²) in [5.74, 6) is 1.83. The van der Waals surface area contributed by atoms with Crippen molar-refractivity contribution in [2.45, 2.75) is 47.0 Å². The van der Waals surface area contributed by atoms with E-state index < -0.39 is 0 Å². The number of rotatable bonds is 7. The highest BCUT2D eigenvalue weighted by Gasteiger charge is 2.25. The molecule has 0 atom stereocenters. The number of nitrogens with zero attached hydrogens (tertiary/aromatic N) is 5. The van der Waals surface area contributed by atoms with Crippen LogP contribution < -0.4 is 10.1 Å². The van der Waals surface area contributed by atoms with E-state index >= 15 is 0 Å². The lowest BCUT2D eigenvalue weighted by molar-refractivity contribution is -0.199. The monoisotopic (exact) mass is 444 g/mol. The summed E-state index contributed by atoms with van der Waals surface area (Å²) in [4.78, 5) is 30.9. The molecular weight excluding hydrogens is 416 g/mol. The number of carbonyl (C=O) groups is 1. The highest BCUT2D eigenvalue weighted by molar-refractivity contribution is 7.16. The van der Waals surface area contributed by atoms with Crippen LogP contribution in [0.25, 0.3) is 0 Å². The number of carbonyl (C=O) groups excluding carboxylic acids is 1. The van der Waals surface area contributed by atoms with Gasteiger partial charge in [0.2, 0.25) is 5.88 Å². The first-order valence-corrected chi connectivity index (χ1v) is 11.1. The largest absolute Gasteiger partial charge is 0.477 e. The molecule has 31 heavy (non-hydrogen) atoms. The Labute approximate surface area is 186 Å². The number of nitriles is 1. The summed E-state index contributed by atoms with van der Waals surface area (Å²) in [6.07, 6.45) is 3.69. The lowest BCUT2D eigenvalue weighted by Gasteiger charge is -2.31. The van der Waals surface area contributed by atoms with E-state index in [0.29, 0.717) is 59.6 Å². The summed E-state index contributed by atoms with van der Waals surface area (Å²) in [5, 5.41) is 14.4. The highest BCUT2D eigenvalue weighted by atomic mass is 32.1. The van der Waals surface area contributed by atoms with Crippen LogP contribution in [0, 0.1) is 29.6 Å². The van der Waals surface area contributed by atoms with Gasteiger partial charge in [0.25, 0.3) is 0 Å². The Kier molecular flexibility index (Phi) is 7.41. The number of hydroxylamine groups is 2. The van der Waals surface area contributed by atoms with E-state index in [0.717, 1.165) is 12.8 Å². The molecule has 0 aliphatic carbocycles. The number of piperidine rings is 1. The molecule has 1 aliphatic heterocycles. The number of aryl methyl sites for hydroxylation is 1. The average Bonchev–Trinajstić information content (AvgIpc) is 3.13. The zero-order valence-electron chi connectivity index (χ0n) is 18.3. The summed E-state index contributed by atoms with van der Waals surface area (Å²) in [6.45, 7) is 9.80. The molecular formula is C21H28N6O3S. The normalized spacial score (nSPS) is 15.3. The van der Waals surface area contributed by atoms with Gasteiger partial charge in [-0.2, -0.15) is 10.2 Å². The van der Waals surface area contributed by atoms with E-state index in [2.05, 4.69) is 26.3 Å². The molecule has 3 heterocycles. The van der Waals surface area contributed by atoms with Gasteiger partial charge in [-0.1, -0.05) is 32.1 Å². The summed E-state index contributed by atoms with van der Waals surface area (Å²) in [6, 6.07) is 3.79. The van der Waals surface area contributed by atoms with E-state index in [9.17, 15) is 4.79 Å². The van der Waals surface area contributed by atoms with Crippen LogP contribution in [0.2, 0.25) is 0 Å². The van der Waals surface area contributed by atoms with Crippen LogP contribution in [0.4, 0.5) is 10.9 Å². The number of hydrogen-bond acceptors (Lipinski definition) is 10. The number of nitrogens with one attached hydrogen (secondary N) is 1. The molecule has 0 spiro atoms. The molecule has 0 amide bonds. The minimum absolute atomic E-state index is 0.0792. The van der Waals surface area contributed by atoms with Gasteiger partial charge in [0, 0.05) is 19.2 Å². The molecule has 3 rings (SSSR count). The summed E-state index contributed by atoms with van der Waals surface area (Å²) in [7, 11) is 0. The Hall–Kier alpha value is -2.77. The smallest absolute Gasteiger partial charge is 0.325 e. The molecule has 1 aliphatic rings. The first-order valence-electron chi connectivity index (χ1n) is 10.3. The Morgan fingerprint density at radius 3 is 2.74 bits per heavy atom. The molecule has 1 saturated heterocycles. The minimum Gasteiger partial charge on any atom is -0.477 e. The molecule has 1 N–H and O–H groups in total. The van der Waals surface area contributed by atoms with Crippen molar-refractivity contribution < 1.29 is 14.4 Å². The number of anilines is 2. The van der Waals surface area contributed by atoms with Crippen LogP contribution in [0.1, 0.15) is 50.7 Å². The summed E-state index contributed by atoms with van der Waals surface area (Å²) >= 11 is 1.26. The van der Waals surface area contributed by atoms with Gasteiger partial charge in [0.15, 0.2) is 5.13 Å². The van der Waals surface area contributed by atoms with Gasteiger partial charge in [-0.05, 0) is 31.1 Å². The number of ether oxygens (including phenoxy) is 1. The Bertz CT molecular complexity index is 941. The first-order chi connectivity index (χ1) is 14.7. The zero-order valence-corrected chi connectivity index (χ0v) is 19.2. The lowest BCUT2D eigenvalue weighted by Crippen LogP contribution is -2.37. The van der Waals surface area contributed by atoms with Crippen LogP contribution in [-0.4, -0.2) is 45.7 Å². The van der Waals surface area contributed by atoms with Crippen molar-refractivity contribution in [1.29, 1.82) is 5.26 Å². The number of hydrogen-bond donors (Lipinski definition) is 1. The highest BCUT2D eigenvalue weighted by Crippen LogP contribution is 2.25. The van der Waals surface area contributed by atoms with Gasteiger partial charge in [0.05, 0.1) is 19.2 Å². The van der Waals surface area contributed by atoms with Gasteiger partial charge in [0.1, 0.15) is 22.6 Å². The van der Waals surface area contributed by atoms with Crippen molar-refractivity contribution in [3.05, 3.63) is 23.0 Å². The molecule has 166 valence electrons. The molecule has 0 unspecified atom stereocenters. The Morgan fingerprint density at radius 1 is 1.35 bits per heavy atom. The molecule has 2 aromatic heterocycles. The van der Waals surface area contributed by atoms with E-state index in [-0.39, 0.29) is 11.4 Å². The van der Waals surface area contributed by atoms with Crippen molar-refractivity contribution in [3.8, 4) is 11.9 Å². The molecule has 0 saturated carbocycles. The van der Waals surface area contributed by atoms with Crippen molar-refractivity contribution in [2.75, 3.05) is 25.0 Å². The molecule has 0 aromatic carbocycles. The van der Waals surface area contributed by atoms with E-state index in [1.54, 1.807) is 18.1 Å². The fourth-order valence-electron chi connectivity index (χ4n) is 3.15. The zero-order chi connectivity index (χ0) is 22.4. The van der Waals surface area contributed by atoms with Crippen molar-refractivity contribution in [1.82, 2.24) is 20.0 Å². The van der Waals surface area contributed by atoms with E-state index in [4.69, 9.17) is 14.8 Å². The molecule has 0 bridgehead atoms. The quantitative estimate of drug-likeness (QED) is 0.680. The maximum absolute atomic E-state index is 12.0. The van der Waals surface area contributed by atoms with Crippen molar-refractivity contribution in [2.24, 2.45) is 11.3 Å². The molecule has 10 heteroatoms. The van der Waals surface area contributed by atoms with Crippen LogP contribution in [0.3, 0.4) is 0 Å². The van der Waals surface area contributed by atoms with Gasteiger partial charge < -0.3 is 14.9 Å². The maximum Gasteiger partial charge on any atom is 0.325 e. The Balaban J connectivity index is 1.47. The second-order valence-electron chi connectivity index (χ2n) is 8.79. The topological polar surface area (TPSA) is 113 Å². The number of aromatic nitrogens is 3. The standard InChI is InChI=1S/C21H28N6O3S/c1-14-24-17(26-20-23-12-16(11-22)31-20)9-18(25-14)29-13-15-5-7-27(8-6-15)30-19(28)10-21(2,3)4/h9,12,15H,5-8,10,13H2,1-4H3,(H,23,24,25,26). The summed E-state index contributed by atoms with van der Waals surface area (Å²) in [5.41, 5.74) is -0.0792. The third kappa shape index (κ3) is 7.45. The third-order valence-electron chi connectivity index (χ3n) is 4.61. The second kappa shape index (κ2) is 10.0. The minimum atomic E-state index is -0.180. The fraction of sp³-hybridized carbons (Fsp3) is 0.571. The van der Waals surface area contributed by atoms with Crippen molar-refractivity contribution in [3.63, 3.8) is 0 Å². The first kappa shape index (κ1) is 22.9. The van der Waals surface area contributed by atoms with Crippen molar-refractivity contribution >= 4 is 28.3 Å². The van der Waals surface area contributed by atoms with Crippen LogP contribution in [-0.2, 0) is 9.63 Å². The van der Waals surface area contributed by atoms with Crippen LogP contribution in [0.15, 0.2) is 12.3 Å². The van der Waals surface area contributed by atoms with Gasteiger partial charge in [-0.15, -0.1) is 5.06 Å². The third-order valence-corrected chi connectivity index (χ3v) is 5.43. The molecule has 0 radical (unpaired) electrons. The maximum atomic E-state index is 12.0. The molecule has 2 aromatic rings. The second-order valence-corrected chi connectivity index (χ2v) is 9.82. The predicted octanol–water partition coefficient (Wildman–Crippen LogP) is 3.84. The molecule has 1 fully saturated rings. The van der Waals surface area contributed by atoms with Crippen LogP contribution >= 0.6 is 11.3 Å². The van der Waals surface area contributed by atoms with Gasteiger partial charge in [-0.3, -0.25) is 4.79 Å². The average molecular weight is 445 g/mol. The van der Waals surface area contributed by atoms with E-state index in [1.165, 1.54) is 17.5 Å². The lowest BCUT2D eigenvalue weighted by atomic mass is 9.93. The van der Waals surface area contributed by atoms with Crippen LogP contribution in [0.5, 0.6) is 5.88 Å². The Morgan fingerprint density at radius 2 is 2.10 bits per heavy atom. The number of thiazole rings is 1. The van der Waals surface area contributed by atoms with E-state index in [1.807, 2.05) is 20.8 Å². The van der Waals surface area contributed by atoms with Gasteiger partial charge in [-0.25, -0.2) is 9.97 Å². The van der Waals surface area contributed by atoms with Gasteiger partial charge >= 0.3 is 5.97 Å². The summed E-state index contributed by atoms with van der Waals surface area (Å²) < 4.78 is 5.93. The molecule has 9 nitrogen and oxygen atoms in total. The predicted molar refractivity (Wildman–Crippen MR) is 117 cm³/mol.